The van der Waals surface area contributed by atoms with Crippen LogP contribution in [0.2, 0.25) is 0 Å². The molecule has 18 heavy (non-hydrogen) atoms. The number of anilines is 1. The molecule has 5 nitrogen and oxygen atoms in total. The summed E-state index contributed by atoms with van der Waals surface area (Å²) < 4.78 is 0. The number of hydrogen-bond acceptors (Lipinski definition) is 4. The average Bonchev–Trinajstić information content (AvgIpc) is 2.90. The minimum absolute atomic E-state index is 0.228. The minimum Gasteiger partial charge on any atom is -0.478 e. The standard InChI is InChI=1S/C13H19N3O2/c1-10(16-7-2-3-8-16)9-15-12-11(13(17)18)5-4-6-14-12/h4-6,10H,2-3,7-9H2,1H3,(H,14,15)(H,17,18). The molecule has 1 aliphatic rings. The van der Waals surface area contributed by atoms with Gasteiger partial charge in [0.1, 0.15) is 11.4 Å². The van der Waals surface area contributed by atoms with E-state index in [9.17, 15) is 4.79 Å². The number of carboxylic acid groups (broad SMARTS) is 1. The molecule has 0 bridgehead atoms. The summed E-state index contributed by atoms with van der Waals surface area (Å²) in [7, 11) is 0. The Kier molecular flexibility index (Phi) is 4.15. The maximum atomic E-state index is 11.0. The molecule has 2 heterocycles. The Labute approximate surface area is 107 Å². The Morgan fingerprint density at radius 3 is 2.94 bits per heavy atom. The van der Waals surface area contributed by atoms with Crippen LogP contribution < -0.4 is 5.32 Å². The predicted molar refractivity (Wildman–Crippen MR) is 70.0 cm³/mol. The molecule has 0 radical (unpaired) electrons. The van der Waals surface area contributed by atoms with Crippen molar-refractivity contribution in [3.63, 3.8) is 0 Å². The molecule has 1 aromatic heterocycles. The van der Waals surface area contributed by atoms with Crippen molar-refractivity contribution < 1.29 is 9.90 Å². The van der Waals surface area contributed by atoms with Gasteiger partial charge in [-0.15, -0.1) is 0 Å². The first-order valence-electron chi connectivity index (χ1n) is 6.34. The number of nitrogens with one attached hydrogen (secondary N) is 1. The van der Waals surface area contributed by atoms with Crippen molar-refractivity contribution in [1.82, 2.24) is 9.88 Å². The Morgan fingerprint density at radius 1 is 1.56 bits per heavy atom. The molecule has 1 aromatic rings. The first-order chi connectivity index (χ1) is 8.68. The van der Waals surface area contributed by atoms with Crippen molar-refractivity contribution in [3.05, 3.63) is 23.9 Å². The molecule has 98 valence electrons. The third-order valence-corrected chi connectivity index (χ3v) is 3.37. The summed E-state index contributed by atoms with van der Waals surface area (Å²) in [6, 6.07) is 3.60. The van der Waals surface area contributed by atoms with E-state index >= 15 is 0 Å². The van der Waals surface area contributed by atoms with E-state index in [1.807, 2.05) is 0 Å². The van der Waals surface area contributed by atoms with E-state index < -0.39 is 5.97 Å². The second kappa shape index (κ2) is 5.82. The smallest absolute Gasteiger partial charge is 0.339 e. The zero-order valence-electron chi connectivity index (χ0n) is 10.6. The normalized spacial score (nSPS) is 17.6. The van der Waals surface area contributed by atoms with Gasteiger partial charge in [0.2, 0.25) is 0 Å². The Bertz CT molecular complexity index is 416. The third-order valence-electron chi connectivity index (χ3n) is 3.37. The number of pyridine rings is 1. The van der Waals surface area contributed by atoms with Gasteiger partial charge in [-0.2, -0.15) is 0 Å². The molecule has 1 saturated heterocycles. The third kappa shape index (κ3) is 2.98. The largest absolute Gasteiger partial charge is 0.478 e. The molecule has 1 aliphatic heterocycles. The molecule has 1 atom stereocenters. The first-order valence-corrected chi connectivity index (χ1v) is 6.34. The average molecular weight is 249 g/mol. The molecule has 2 rings (SSSR count). The lowest BCUT2D eigenvalue weighted by molar-refractivity contribution is 0.0697. The lowest BCUT2D eigenvalue weighted by atomic mass is 10.2. The first kappa shape index (κ1) is 12.8. The van der Waals surface area contributed by atoms with Gasteiger partial charge in [-0.1, -0.05) is 0 Å². The summed E-state index contributed by atoms with van der Waals surface area (Å²) in [5.74, 6) is -0.490. The highest BCUT2D eigenvalue weighted by Gasteiger charge is 2.18. The lowest BCUT2D eigenvalue weighted by Gasteiger charge is -2.24. The summed E-state index contributed by atoms with van der Waals surface area (Å²) in [5, 5.41) is 12.2. The van der Waals surface area contributed by atoms with Crippen LogP contribution in [-0.4, -0.2) is 46.6 Å². The van der Waals surface area contributed by atoms with E-state index in [1.165, 1.54) is 12.8 Å². The molecule has 5 heteroatoms. The van der Waals surface area contributed by atoms with Crippen molar-refractivity contribution in [3.8, 4) is 0 Å². The number of nitrogens with zero attached hydrogens (tertiary/aromatic N) is 2. The molecule has 0 aliphatic carbocycles. The zero-order chi connectivity index (χ0) is 13.0. The van der Waals surface area contributed by atoms with Gasteiger partial charge in [0.25, 0.3) is 0 Å². The fraction of sp³-hybridized carbons (Fsp3) is 0.538. The molecule has 0 spiro atoms. The highest BCUT2D eigenvalue weighted by atomic mass is 16.4. The van der Waals surface area contributed by atoms with Crippen molar-refractivity contribution in [2.75, 3.05) is 25.0 Å². The molecule has 1 fully saturated rings. The Morgan fingerprint density at radius 2 is 2.28 bits per heavy atom. The monoisotopic (exact) mass is 249 g/mol. The van der Waals surface area contributed by atoms with Crippen LogP contribution >= 0.6 is 0 Å². The van der Waals surface area contributed by atoms with Gasteiger partial charge in [0.05, 0.1) is 0 Å². The van der Waals surface area contributed by atoms with Gasteiger partial charge in [0, 0.05) is 18.8 Å². The second-order valence-electron chi connectivity index (χ2n) is 4.68. The second-order valence-corrected chi connectivity index (χ2v) is 4.68. The molecule has 1 unspecified atom stereocenters. The molecule has 0 saturated carbocycles. The van der Waals surface area contributed by atoms with E-state index in [0.717, 1.165) is 19.6 Å². The Balaban J connectivity index is 1.95. The van der Waals surface area contributed by atoms with Crippen molar-refractivity contribution in [2.45, 2.75) is 25.8 Å². The van der Waals surface area contributed by atoms with Crippen LogP contribution in [-0.2, 0) is 0 Å². The highest BCUT2D eigenvalue weighted by Crippen LogP contribution is 2.14. The lowest BCUT2D eigenvalue weighted by Crippen LogP contribution is -2.35. The van der Waals surface area contributed by atoms with Gasteiger partial charge in [-0.05, 0) is 45.0 Å². The van der Waals surface area contributed by atoms with Gasteiger partial charge in [0.15, 0.2) is 0 Å². The highest BCUT2D eigenvalue weighted by molar-refractivity contribution is 5.92. The van der Waals surface area contributed by atoms with Crippen LogP contribution in [0.5, 0.6) is 0 Å². The number of rotatable bonds is 5. The number of aromatic carboxylic acids is 1. The van der Waals surface area contributed by atoms with Crippen molar-refractivity contribution in [2.24, 2.45) is 0 Å². The van der Waals surface area contributed by atoms with Crippen LogP contribution in [0.3, 0.4) is 0 Å². The maximum absolute atomic E-state index is 11.0. The number of aromatic nitrogens is 1. The molecule has 2 N–H and O–H groups in total. The van der Waals surface area contributed by atoms with E-state index in [1.54, 1.807) is 18.3 Å². The van der Waals surface area contributed by atoms with Crippen molar-refractivity contribution in [1.29, 1.82) is 0 Å². The number of likely N-dealkylation sites (tertiary alicyclic amines) is 1. The fourth-order valence-corrected chi connectivity index (χ4v) is 2.27. The summed E-state index contributed by atoms with van der Waals surface area (Å²) in [6.07, 6.45) is 4.12. The fourth-order valence-electron chi connectivity index (χ4n) is 2.27. The topological polar surface area (TPSA) is 65.5 Å². The van der Waals surface area contributed by atoms with E-state index in [0.29, 0.717) is 11.9 Å². The van der Waals surface area contributed by atoms with Crippen molar-refractivity contribution >= 4 is 11.8 Å². The van der Waals surface area contributed by atoms with E-state index in [-0.39, 0.29) is 5.56 Å². The zero-order valence-corrected chi connectivity index (χ0v) is 10.6. The quantitative estimate of drug-likeness (QED) is 0.831. The van der Waals surface area contributed by atoms with Crippen LogP contribution in [0.4, 0.5) is 5.82 Å². The van der Waals surface area contributed by atoms with E-state index in [4.69, 9.17) is 5.11 Å². The van der Waals surface area contributed by atoms with Crippen LogP contribution in [0.15, 0.2) is 18.3 Å². The van der Waals surface area contributed by atoms with Gasteiger partial charge in [-0.25, -0.2) is 9.78 Å². The SMILES string of the molecule is CC(CNc1ncccc1C(=O)O)N1CCCC1. The molecular weight excluding hydrogens is 230 g/mol. The summed E-state index contributed by atoms with van der Waals surface area (Å²) in [4.78, 5) is 17.5. The van der Waals surface area contributed by atoms with E-state index in [2.05, 4.69) is 22.1 Å². The molecular formula is C13H19N3O2. The predicted octanol–water partition coefficient (Wildman–Crippen LogP) is 1.68. The summed E-state index contributed by atoms with van der Waals surface area (Å²) in [5.41, 5.74) is 0.228. The maximum Gasteiger partial charge on any atom is 0.339 e. The van der Waals surface area contributed by atoms with Gasteiger partial charge in [-0.3, -0.25) is 4.90 Å². The summed E-state index contributed by atoms with van der Waals surface area (Å²) >= 11 is 0. The van der Waals surface area contributed by atoms with Gasteiger partial charge < -0.3 is 10.4 Å². The number of carbonyl (C=O) groups is 1. The Hall–Kier alpha value is -1.62. The summed E-state index contributed by atoms with van der Waals surface area (Å²) in [6.45, 7) is 5.15. The van der Waals surface area contributed by atoms with Crippen LogP contribution in [0.1, 0.15) is 30.1 Å². The van der Waals surface area contributed by atoms with Crippen LogP contribution in [0.25, 0.3) is 0 Å². The van der Waals surface area contributed by atoms with Gasteiger partial charge >= 0.3 is 5.97 Å². The van der Waals surface area contributed by atoms with Crippen LogP contribution in [0, 0.1) is 0 Å². The number of hydrogen-bond donors (Lipinski definition) is 2. The minimum atomic E-state index is -0.945. The molecule has 0 aromatic carbocycles. The number of carboxylic acids is 1. The molecule has 0 amide bonds.